The van der Waals surface area contributed by atoms with Gasteiger partial charge in [-0.1, -0.05) is 48.0 Å². The van der Waals surface area contributed by atoms with Crippen LogP contribution in [-0.2, 0) is 11.2 Å². The van der Waals surface area contributed by atoms with E-state index in [4.69, 9.17) is 0 Å². The van der Waals surface area contributed by atoms with Crippen LogP contribution in [0.4, 0.5) is 0 Å². The van der Waals surface area contributed by atoms with Gasteiger partial charge in [0, 0.05) is 42.4 Å². The fraction of sp³-hybridized carbons (Fsp3) is 0.261. The first kappa shape index (κ1) is 20.7. The van der Waals surface area contributed by atoms with E-state index in [1.165, 1.54) is 5.56 Å². The van der Waals surface area contributed by atoms with Crippen molar-refractivity contribution in [1.82, 2.24) is 15.6 Å². The van der Waals surface area contributed by atoms with Gasteiger partial charge in [-0.25, -0.2) is 4.98 Å². The fourth-order valence-electron chi connectivity index (χ4n) is 2.88. The molecule has 2 amide bonds. The standard InChI is InChI=1S/C23H25N3O2S/c1-16-7-9-18(10-8-16)23-26-19(15-29-23)11-13-24-21(27)12-14-25-22(28)20-6-4-3-5-17(20)2/h3-10,15H,11-14H2,1-2H3,(H,24,27)(H,25,28). The lowest BCUT2D eigenvalue weighted by Crippen LogP contribution is -2.31. The zero-order valence-corrected chi connectivity index (χ0v) is 17.5. The predicted molar refractivity (Wildman–Crippen MR) is 117 cm³/mol. The third kappa shape index (κ3) is 5.99. The molecule has 2 aromatic carbocycles. The molecule has 0 fully saturated rings. The monoisotopic (exact) mass is 407 g/mol. The second-order valence-electron chi connectivity index (χ2n) is 6.93. The van der Waals surface area contributed by atoms with Crippen LogP contribution < -0.4 is 10.6 Å². The molecule has 6 heteroatoms. The first-order valence-electron chi connectivity index (χ1n) is 9.65. The summed E-state index contributed by atoms with van der Waals surface area (Å²) in [6.45, 7) is 4.80. The molecule has 29 heavy (non-hydrogen) atoms. The topological polar surface area (TPSA) is 71.1 Å². The van der Waals surface area contributed by atoms with E-state index in [2.05, 4.69) is 46.8 Å². The lowest BCUT2D eigenvalue weighted by molar-refractivity contribution is -0.120. The highest BCUT2D eigenvalue weighted by Crippen LogP contribution is 2.24. The highest BCUT2D eigenvalue weighted by molar-refractivity contribution is 7.13. The average Bonchev–Trinajstić information content (AvgIpc) is 3.17. The molecule has 1 aromatic heterocycles. The van der Waals surface area contributed by atoms with Gasteiger partial charge in [-0.3, -0.25) is 9.59 Å². The minimum atomic E-state index is -0.151. The molecule has 150 valence electrons. The minimum Gasteiger partial charge on any atom is -0.356 e. The van der Waals surface area contributed by atoms with E-state index in [0.29, 0.717) is 25.1 Å². The number of nitrogens with one attached hydrogen (secondary N) is 2. The van der Waals surface area contributed by atoms with Crippen LogP contribution in [0.2, 0.25) is 0 Å². The normalized spacial score (nSPS) is 10.6. The Labute approximate surface area is 175 Å². The molecule has 0 aliphatic rings. The quantitative estimate of drug-likeness (QED) is 0.595. The predicted octanol–water partition coefficient (Wildman–Crippen LogP) is 3.91. The largest absolute Gasteiger partial charge is 0.356 e. The van der Waals surface area contributed by atoms with Crippen LogP contribution in [0.5, 0.6) is 0 Å². The van der Waals surface area contributed by atoms with Crippen LogP contribution in [-0.4, -0.2) is 29.9 Å². The number of aromatic nitrogens is 1. The highest BCUT2D eigenvalue weighted by Gasteiger charge is 2.09. The summed E-state index contributed by atoms with van der Waals surface area (Å²) in [5.74, 6) is -0.230. The molecule has 5 nitrogen and oxygen atoms in total. The summed E-state index contributed by atoms with van der Waals surface area (Å²) in [4.78, 5) is 28.8. The molecule has 0 atom stereocenters. The smallest absolute Gasteiger partial charge is 0.251 e. The van der Waals surface area contributed by atoms with Crippen LogP contribution >= 0.6 is 11.3 Å². The number of hydrogen-bond donors (Lipinski definition) is 2. The summed E-state index contributed by atoms with van der Waals surface area (Å²) in [5.41, 5.74) is 4.87. The van der Waals surface area contributed by atoms with Crippen molar-refractivity contribution in [2.24, 2.45) is 0 Å². The number of hydrogen-bond acceptors (Lipinski definition) is 4. The molecule has 2 N–H and O–H groups in total. The first-order valence-corrected chi connectivity index (χ1v) is 10.5. The SMILES string of the molecule is Cc1ccc(-c2nc(CCNC(=O)CCNC(=O)c3ccccc3C)cs2)cc1. The Morgan fingerprint density at radius 3 is 2.48 bits per heavy atom. The minimum absolute atomic E-state index is 0.0796. The summed E-state index contributed by atoms with van der Waals surface area (Å²) >= 11 is 1.61. The Morgan fingerprint density at radius 2 is 1.72 bits per heavy atom. The van der Waals surface area contributed by atoms with E-state index in [1.54, 1.807) is 17.4 Å². The molecular formula is C23H25N3O2S. The number of carbonyl (C=O) groups excluding carboxylic acids is 2. The van der Waals surface area contributed by atoms with E-state index in [9.17, 15) is 9.59 Å². The van der Waals surface area contributed by atoms with Crippen molar-refractivity contribution in [3.63, 3.8) is 0 Å². The molecule has 0 aliphatic carbocycles. The van der Waals surface area contributed by atoms with Crippen molar-refractivity contribution in [2.75, 3.05) is 13.1 Å². The summed E-state index contributed by atoms with van der Waals surface area (Å²) in [6, 6.07) is 15.7. The number of benzene rings is 2. The van der Waals surface area contributed by atoms with Crippen molar-refractivity contribution < 1.29 is 9.59 Å². The van der Waals surface area contributed by atoms with E-state index in [-0.39, 0.29) is 18.2 Å². The summed E-state index contributed by atoms with van der Waals surface area (Å²) in [7, 11) is 0. The van der Waals surface area contributed by atoms with Gasteiger partial charge in [-0.2, -0.15) is 0 Å². The van der Waals surface area contributed by atoms with Gasteiger partial charge in [0.05, 0.1) is 5.69 Å². The van der Waals surface area contributed by atoms with E-state index < -0.39 is 0 Å². The average molecular weight is 408 g/mol. The van der Waals surface area contributed by atoms with Crippen LogP contribution in [0.3, 0.4) is 0 Å². The van der Waals surface area contributed by atoms with Crippen molar-refractivity contribution >= 4 is 23.2 Å². The molecule has 0 bridgehead atoms. The van der Waals surface area contributed by atoms with Gasteiger partial charge in [0.25, 0.3) is 5.91 Å². The maximum Gasteiger partial charge on any atom is 0.251 e. The molecular weight excluding hydrogens is 382 g/mol. The molecule has 0 saturated heterocycles. The Hall–Kier alpha value is -2.99. The Morgan fingerprint density at radius 1 is 0.966 bits per heavy atom. The Kier molecular flexibility index (Phi) is 7.14. The summed E-state index contributed by atoms with van der Waals surface area (Å²) < 4.78 is 0. The lowest BCUT2D eigenvalue weighted by Gasteiger charge is -2.08. The number of thiazole rings is 1. The maximum absolute atomic E-state index is 12.1. The van der Waals surface area contributed by atoms with Gasteiger partial charge in [0.2, 0.25) is 5.91 Å². The van der Waals surface area contributed by atoms with Crippen molar-refractivity contribution in [3.8, 4) is 10.6 Å². The first-order chi connectivity index (χ1) is 14.0. The van der Waals surface area contributed by atoms with Crippen molar-refractivity contribution in [2.45, 2.75) is 26.7 Å². The molecule has 3 rings (SSSR count). The van der Waals surface area contributed by atoms with Crippen LogP contribution in [0, 0.1) is 13.8 Å². The Balaban J connectivity index is 1.37. The van der Waals surface area contributed by atoms with E-state index in [1.807, 2.05) is 30.5 Å². The zero-order valence-electron chi connectivity index (χ0n) is 16.7. The molecule has 0 saturated carbocycles. The van der Waals surface area contributed by atoms with E-state index in [0.717, 1.165) is 21.8 Å². The summed E-state index contributed by atoms with van der Waals surface area (Å²) in [5, 5.41) is 8.70. The molecule has 0 unspecified atom stereocenters. The maximum atomic E-state index is 12.1. The van der Waals surface area contributed by atoms with Gasteiger partial charge >= 0.3 is 0 Å². The molecule has 1 heterocycles. The van der Waals surface area contributed by atoms with E-state index >= 15 is 0 Å². The number of nitrogens with zero attached hydrogens (tertiary/aromatic N) is 1. The number of amides is 2. The second-order valence-corrected chi connectivity index (χ2v) is 7.79. The van der Waals surface area contributed by atoms with Gasteiger partial charge in [-0.05, 0) is 25.5 Å². The third-order valence-electron chi connectivity index (χ3n) is 4.58. The Bertz CT molecular complexity index is 980. The van der Waals surface area contributed by atoms with Gasteiger partial charge < -0.3 is 10.6 Å². The van der Waals surface area contributed by atoms with Crippen molar-refractivity contribution in [1.29, 1.82) is 0 Å². The lowest BCUT2D eigenvalue weighted by atomic mass is 10.1. The van der Waals surface area contributed by atoms with Crippen LogP contribution in [0.15, 0.2) is 53.9 Å². The van der Waals surface area contributed by atoms with Gasteiger partial charge in [-0.15, -0.1) is 11.3 Å². The van der Waals surface area contributed by atoms with Crippen LogP contribution in [0.1, 0.15) is 33.6 Å². The number of aryl methyl sites for hydroxylation is 2. The zero-order chi connectivity index (χ0) is 20.6. The second kappa shape index (κ2) is 9.98. The van der Waals surface area contributed by atoms with Gasteiger partial charge in [0.15, 0.2) is 0 Å². The molecule has 0 aliphatic heterocycles. The number of carbonyl (C=O) groups is 2. The third-order valence-corrected chi connectivity index (χ3v) is 5.52. The molecule has 0 spiro atoms. The molecule has 3 aromatic rings. The molecule has 0 radical (unpaired) electrons. The number of rotatable bonds is 8. The highest BCUT2D eigenvalue weighted by atomic mass is 32.1. The fourth-order valence-corrected chi connectivity index (χ4v) is 3.74. The van der Waals surface area contributed by atoms with Gasteiger partial charge in [0.1, 0.15) is 5.01 Å². The van der Waals surface area contributed by atoms with Crippen molar-refractivity contribution in [3.05, 3.63) is 76.3 Å². The summed E-state index contributed by atoms with van der Waals surface area (Å²) in [6.07, 6.45) is 0.937. The van der Waals surface area contributed by atoms with Crippen LogP contribution in [0.25, 0.3) is 10.6 Å².